The van der Waals surface area contributed by atoms with Gasteiger partial charge < -0.3 is 9.84 Å². The van der Waals surface area contributed by atoms with Gasteiger partial charge in [0.2, 0.25) is 5.88 Å². The van der Waals surface area contributed by atoms with Crippen molar-refractivity contribution in [2.24, 2.45) is 0 Å². The number of ether oxygens (including phenoxy) is 1. The summed E-state index contributed by atoms with van der Waals surface area (Å²) in [6, 6.07) is 3.28. The molecule has 0 spiro atoms. The van der Waals surface area contributed by atoms with Crippen LogP contribution < -0.4 is 4.74 Å². The predicted molar refractivity (Wildman–Crippen MR) is 50.7 cm³/mol. The molecule has 1 N–H and O–H groups in total. The third-order valence-corrected chi connectivity index (χ3v) is 1.88. The van der Waals surface area contributed by atoms with Crippen LogP contribution in [0.5, 0.6) is 5.88 Å². The number of aromatic nitrogens is 3. The van der Waals surface area contributed by atoms with Crippen molar-refractivity contribution in [2.45, 2.75) is 13.0 Å². The molecule has 0 fully saturated rings. The summed E-state index contributed by atoms with van der Waals surface area (Å²) in [5.41, 5.74) is 0.616. The van der Waals surface area contributed by atoms with Crippen LogP contribution in [-0.4, -0.2) is 31.8 Å². The Morgan fingerprint density at radius 1 is 1.60 bits per heavy atom. The average molecular weight is 207 g/mol. The van der Waals surface area contributed by atoms with Crippen LogP contribution in [-0.2, 0) is 4.79 Å². The van der Waals surface area contributed by atoms with Gasteiger partial charge in [-0.05, 0) is 6.92 Å². The Bertz CT molecular complexity index is 494. The van der Waals surface area contributed by atoms with Gasteiger partial charge in [0.15, 0.2) is 11.8 Å². The first-order valence-corrected chi connectivity index (χ1v) is 4.36. The van der Waals surface area contributed by atoms with Crippen molar-refractivity contribution in [1.82, 2.24) is 14.6 Å². The van der Waals surface area contributed by atoms with Gasteiger partial charge in [-0.15, -0.1) is 0 Å². The average Bonchev–Trinajstić information content (AvgIpc) is 2.64. The quantitative estimate of drug-likeness (QED) is 0.796. The van der Waals surface area contributed by atoms with Gasteiger partial charge in [-0.2, -0.15) is 10.1 Å². The zero-order chi connectivity index (χ0) is 10.8. The Labute approximate surface area is 85.1 Å². The van der Waals surface area contributed by atoms with Crippen LogP contribution in [0.4, 0.5) is 0 Å². The molecule has 0 amide bonds. The Hall–Kier alpha value is -2.11. The topological polar surface area (TPSA) is 76.7 Å². The van der Waals surface area contributed by atoms with E-state index in [2.05, 4.69) is 10.1 Å². The van der Waals surface area contributed by atoms with E-state index in [0.29, 0.717) is 5.65 Å². The fraction of sp³-hybridized carbons (Fsp3) is 0.222. The van der Waals surface area contributed by atoms with Crippen LogP contribution in [0, 0.1) is 0 Å². The molecule has 0 saturated carbocycles. The van der Waals surface area contributed by atoms with Crippen molar-refractivity contribution >= 4 is 11.6 Å². The first-order valence-electron chi connectivity index (χ1n) is 4.36. The molecule has 1 unspecified atom stereocenters. The first-order chi connectivity index (χ1) is 7.16. The highest BCUT2D eigenvalue weighted by Gasteiger charge is 2.13. The summed E-state index contributed by atoms with van der Waals surface area (Å²) in [6.45, 7) is 1.45. The largest absolute Gasteiger partial charge is 0.479 e. The number of hydrogen-bond acceptors (Lipinski definition) is 4. The molecule has 0 bridgehead atoms. The fourth-order valence-corrected chi connectivity index (χ4v) is 1.09. The van der Waals surface area contributed by atoms with Crippen LogP contribution in [0.2, 0.25) is 0 Å². The molecule has 2 heterocycles. The Kier molecular flexibility index (Phi) is 2.24. The lowest BCUT2D eigenvalue weighted by atomic mass is 10.4. The summed E-state index contributed by atoms with van der Waals surface area (Å²) < 4.78 is 6.67. The smallest absolute Gasteiger partial charge is 0.344 e. The minimum Gasteiger partial charge on any atom is -0.479 e. The zero-order valence-corrected chi connectivity index (χ0v) is 7.99. The summed E-state index contributed by atoms with van der Waals surface area (Å²) in [5.74, 6) is -0.747. The van der Waals surface area contributed by atoms with Crippen LogP contribution in [0.1, 0.15) is 6.92 Å². The SMILES string of the molecule is CC(Oc1ccn2nccc2n1)C(=O)O. The standard InChI is InChI=1S/C9H9N3O3/c1-6(9(13)14)15-8-3-5-12-7(11-8)2-4-10-12/h2-6H,1H3,(H,13,14). The maximum Gasteiger partial charge on any atom is 0.344 e. The minimum absolute atomic E-state index is 0.276. The molecule has 0 aromatic carbocycles. The highest BCUT2D eigenvalue weighted by Crippen LogP contribution is 2.10. The van der Waals surface area contributed by atoms with E-state index in [4.69, 9.17) is 9.84 Å². The number of carboxylic acids is 1. The van der Waals surface area contributed by atoms with Crippen LogP contribution >= 0.6 is 0 Å². The molecule has 2 aromatic rings. The summed E-state index contributed by atoms with van der Waals surface area (Å²) >= 11 is 0. The van der Waals surface area contributed by atoms with E-state index >= 15 is 0 Å². The number of aliphatic carboxylic acids is 1. The lowest BCUT2D eigenvalue weighted by molar-refractivity contribution is -0.144. The van der Waals surface area contributed by atoms with E-state index in [9.17, 15) is 4.79 Å². The summed E-state index contributed by atoms with van der Waals surface area (Å²) in [6.07, 6.45) is 2.35. The Balaban J connectivity index is 2.24. The van der Waals surface area contributed by atoms with Gasteiger partial charge in [-0.25, -0.2) is 9.31 Å². The van der Waals surface area contributed by atoms with E-state index in [1.165, 1.54) is 6.92 Å². The fourth-order valence-electron chi connectivity index (χ4n) is 1.09. The van der Waals surface area contributed by atoms with E-state index in [-0.39, 0.29) is 5.88 Å². The molecule has 0 saturated heterocycles. The molecular weight excluding hydrogens is 198 g/mol. The molecule has 1 atom stereocenters. The van der Waals surface area contributed by atoms with Gasteiger partial charge >= 0.3 is 5.97 Å². The van der Waals surface area contributed by atoms with E-state index in [1.54, 1.807) is 29.0 Å². The number of fused-ring (bicyclic) bond motifs is 1. The third kappa shape index (κ3) is 1.88. The van der Waals surface area contributed by atoms with Gasteiger partial charge in [0.25, 0.3) is 0 Å². The van der Waals surface area contributed by atoms with Crippen molar-refractivity contribution < 1.29 is 14.6 Å². The summed E-state index contributed by atoms with van der Waals surface area (Å²) in [7, 11) is 0. The van der Waals surface area contributed by atoms with Crippen LogP contribution in [0.3, 0.4) is 0 Å². The molecule has 6 heteroatoms. The van der Waals surface area contributed by atoms with Crippen molar-refractivity contribution in [1.29, 1.82) is 0 Å². The summed E-state index contributed by atoms with van der Waals surface area (Å²) in [5, 5.41) is 12.6. The highest BCUT2D eigenvalue weighted by atomic mass is 16.5. The van der Waals surface area contributed by atoms with E-state index in [1.807, 2.05) is 0 Å². The minimum atomic E-state index is -1.02. The normalized spacial score (nSPS) is 12.6. The van der Waals surface area contributed by atoms with E-state index < -0.39 is 12.1 Å². The van der Waals surface area contributed by atoms with Crippen molar-refractivity contribution in [3.05, 3.63) is 24.5 Å². The Morgan fingerprint density at radius 3 is 3.13 bits per heavy atom. The molecule has 2 rings (SSSR count). The van der Waals surface area contributed by atoms with Gasteiger partial charge in [-0.1, -0.05) is 0 Å². The summed E-state index contributed by atoms with van der Waals surface area (Å²) in [4.78, 5) is 14.6. The van der Waals surface area contributed by atoms with Gasteiger partial charge in [0, 0.05) is 18.3 Å². The van der Waals surface area contributed by atoms with Crippen molar-refractivity contribution in [3.8, 4) is 5.88 Å². The molecule has 0 aliphatic rings. The highest BCUT2D eigenvalue weighted by molar-refractivity contribution is 5.72. The number of rotatable bonds is 3. The maximum absolute atomic E-state index is 10.5. The van der Waals surface area contributed by atoms with Crippen molar-refractivity contribution in [3.63, 3.8) is 0 Å². The number of carbonyl (C=O) groups is 1. The van der Waals surface area contributed by atoms with Gasteiger partial charge in [0.1, 0.15) is 0 Å². The molecular formula is C9H9N3O3. The molecule has 6 nitrogen and oxygen atoms in total. The van der Waals surface area contributed by atoms with Crippen molar-refractivity contribution in [2.75, 3.05) is 0 Å². The van der Waals surface area contributed by atoms with Crippen LogP contribution in [0.15, 0.2) is 24.5 Å². The first kappa shape index (κ1) is 9.45. The monoisotopic (exact) mass is 207 g/mol. The number of nitrogens with zero attached hydrogens (tertiary/aromatic N) is 3. The molecule has 15 heavy (non-hydrogen) atoms. The molecule has 0 aliphatic heterocycles. The van der Waals surface area contributed by atoms with Crippen LogP contribution in [0.25, 0.3) is 5.65 Å². The zero-order valence-electron chi connectivity index (χ0n) is 7.99. The lowest BCUT2D eigenvalue weighted by Crippen LogP contribution is -2.23. The second kappa shape index (κ2) is 3.56. The molecule has 78 valence electrons. The maximum atomic E-state index is 10.5. The number of carboxylic acid groups (broad SMARTS) is 1. The number of hydrogen-bond donors (Lipinski definition) is 1. The third-order valence-electron chi connectivity index (χ3n) is 1.88. The van der Waals surface area contributed by atoms with Gasteiger partial charge in [-0.3, -0.25) is 0 Å². The molecule has 0 radical (unpaired) electrons. The second-order valence-electron chi connectivity index (χ2n) is 3.00. The lowest BCUT2D eigenvalue weighted by Gasteiger charge is -2.08. The van der Waals surface area contributed by atoms with E-state index in [0.717, 1.165) is 0 Å². The Morgan fingerprint density at radius 2 is 2.40 bits per heavy atom. The molecule has 2 aromatic heterocycles. The van der Waals surface area contributed by atoms with Gasteiger partial charge in [0.05, 0.1) is 6.20 Å². The second-order valence-corrected chi connectivity index (χ2v) is 3.00. The predicted octanol–water partition coefficient (Wildman–Crippen LogP) is 0.581. The molecule has 0 aliphatic carbocycles.